The van der Waals surface area contributed by atoms with Gasteiger partial charge >= 0.3 is 5.97 Å². The summed E-state index contributed by atoms with van der Waals surface area (Å²) in [6.07, 6.45) is 2.64. The molecule has 144 valence electrons. The van der Waals surface area contributed by atoms with E-state index in [9.17, 15) is 4.79 Å². The molecule has 1 aromatic heterocycles. The summed E-state index contributed by atoms with van der Waals surface area (Å²) in [5, 5.41) is 4.74. The summed E-state index contributed by atoms with van der Waals surface area (Å²) in [6.45, 7) is 2.74. The number of hydrogen-bond donors (Lipinski definition) is 1. The van der Waals surface area contributed by atoms with Crippen LogP contribution in [0.15, 0.2) is 59.7 Å². The first-order valence-corrected chi connectivity index (χ1v) is 9.69. The molecule has 0 bridgehead atoms. The van der Waals surface area contributed by atoms with Crippen molar-refractivity contribution in [3.05, 3.63) is 65.0 Å². The van der Waals surface area contributed by atoms with Crippen LogP contribution in [-0.2, 0) is 4.74 Å². The predicted molar refractivity (Wildman–Crippen MR) is 112 cm³/mol. The van der Waals surface area contributed by atoms with Crippen LogP contribution in [0.4, 0.5) is 5.13 Å². The summed E-state index contributed by atoms with van der Waals surface area (Å²) < 4.78 is 10.5. The number of carbonyl (C=O) groups is 1. The maximum absolute atomic E-state index is 12.1. The summed E-state index contributed by atoms with van der Waals surface area (Å²) in [4.78, 5) is 17.0. The molecular weight excluding hydrogens is 374 g/mol. The molecule has 0 saturated carbocycles. The van der Waals surface area contributed by atoms with Crippen LogP contribution >= 0.6 is 11.3 Å². The molecule has 0 unspecified atom stereocenters. The van der Waals surface area contributed by atoms with Crippen LogP contribution in [0, 0.1) is 0 Å². The number of nitrogens with one attached hydrogen (secondary N) is 1. The molecule has 3 rings (SSSR count). The van der Waals surface area contributed by atoms with E-state index in [4.69, 9.17) is 9.47 Å². The van der Waals surface area contributed by atoms with Gasteiger partial charge in [0.15, 0.2) is 0 Å². The maximum atomic E-state index is 12.1. The highest BCUT2D eigenvalue weighted by molar-refractivity contribution is 7.17. The fourth-order valence-corrected chi connectivity index (χ4v) is 3.31. The SMILES string of the molecule is CCCOc1cccc(/C=N\Nc2nc(-c3ccccc3)c(C(=O)OC)s2)c1. The smallest absolute Gasteiger partial charge is 0.350 e. The van der Waals surface area contributed by atoms with Crippen molar-refractivity contribution in [3.63, 3.8) is 0 Å². The van der Waals surface area contributed by atoms with E-state index < -0.39 is 5.97 Å². The molecule has 7 heteroatoms. The lowest BCUT2D eigenvalue weighted by atomic mass is 10.1. The number of carbonyl (C=O) groups excluding carboxylic acids is 1. The van der Waals surface area contributed by atoms with Crippen molar-refractivity contribution in [1.29, 1.82) is 0 Å². The molecule has 0 aliphatic carbocycles. The van der Waals surface area contributed by atoms with Gasteiger partial charge in [-0.15, -0.1) is 0 Å². The first kappa shape index (κ1) is 19.6. The third kappa shape index (κ3) is 4.95. The second-order valence-corrected chi connectivity index (χ2v) is 6.84. The maximum Gasteiger partial charge on any atom is 0.350 e. The predicted octanol–water partition coefficient (Wildman–Crippen LogP) is 4.83. The summed E-state index contributed by atoms with van der Waals surface area (Å²) in [7, 11) is 1.36. The van der Waals surface area contributed by atoms with Crippen LogP contribution in [0.3, 0.4) is 0 Å². The van der Waals surface area contributed by atoms with Gasteiger partial charge in [0, 0.05) is 5.56 Å². The van der Waals surface area contributed by atoms with Crippen LogP contribution in [-0.4, -0.2) is 30.9 Å². The van der Waals surface area contributed by atoms with Crippen molar-refractivity contribution in [1.82, 2.24) is 4.98 Å². The highest BCUT2D eigenvalue weighted by Crippen LogP contribution is 2.31. The number of aromatic nitrogens is 1. The molecule has 28 heavy (non-hydrogen) atoms. The van der Waals surface area contributed by atoms with Crippen molar-refractivity contribution in [2.24, 2.45) is 5.10 Å². The Kier molecular flexibility index (Phi) is 6.75. The minimum absolute atomic E-state index is 0.422. The molecule has 6 nitrogen and oxygen atoms in total. The van der Waals surface area contributed by atoms with Gasteiger partial charge in [0.2, 0.25) is 5.13 Å². The molecule has 1 N–H and O–H groups in total. The molecule has 0 aliphatic heterocycles. The lowest BCUT2D eigenvalue weighted by molar-refractivity contribution is 0.0607. The standard InChI is InChI=1S/C21H21N3O3S/c1-3-12-27-17-11-7-8-15(13-17)14-22-24-21-23-18(16-9-5-4-6-10-16)19(28-21)20(25)26-2/h4-11,13-14H,3,12H2,1-2H3,(H,23,24)/b22-14-. The lowest BCUT2D eigenvalue weighted by Gasteiger charge is -2.04. The fraction of sp³-hybridized carbons (Fsp3) is 0.190. The Balaban J connectivity index is 1.77. The zero-order valence-electron chi connectivity index (χ0n) is 15.7. The number of hydrazone groups is 1. The number of benzene rings is 2. The van der Waals surface area contributed by atoms with Crippen molar-refractivity contribution >= 4 is 28.7 Å². The van der Waals surface area contributed by atoms with Gasteiger partial charge < -0.3 is 9.47 Å². The minimum Gasteiger partial charge on any atom is -0.494 e. The van der Waals surface area contributed by atoms with Crippen molar-refractivity contribution in [2.75, 3.05) is 19.1 Å². The average molecular weight is 395 g/mol. The molecular formula is C21H21N3O3S. The van der Waals surface area contributed by atoms with Gasteiger partial charge in [0.25, 0.3) is 0 Å². The fourth-order valence-electron chi connectivity index (χ4n) is 2.46. The molecule has 0 saturated heterocycles. The Morgan fingerprint density at radius 3 is 2.79 bits per heavy atom. The van der Waals surface area contributed by atoms with Crippen molar-refractivity contribution in [2.45, 2.75) is 13.3 Å². The summed E-state index contributed by atoms with van der Waals surface area (Å²) >= 11 is 1.20. The number of nitrogens with zero attached hydrogens (tertiary/aromatic N) is 2. The Hall–Kier alpha value is -3.19. The van der Waals surface area contributed by atoms with Gasteiger partial charge in [-0.2, -0.15) is 5.10 Å². The Bertz CT molecular complexity index is 955. The van der Waals surface area contributed by atoms with Gasteiger partial charge in [-0.05, 0) is 24.1 Å². The van der Waals surface area contributed by atoms with Crippen LogP contribution < -0.4 is 10.2 Å². The first-order valence-electron chi connectivity index (χ1n) is 8.87. The van der Waals surface area contributed by atoms with Crippen LogP contribution in [0.5, 0.6) is 5.75 Å². The first-order chi connectivity index (χ1) is 13.7. The number of methoxy groups -OCH3 is 1. The van der Waals surface area contributed by atoms with E-state index in [0.717, 1.165) is 23.3 Å². The normalized spacial score (nSPS) is 10.8. The lowest BCUT2D eigenvalue weighted by Crippen LogP contribution is -2.00. The second-order valence-electron chi connectivity index (χ2n) is 5.85. The number of thiazole rings is 1. The molecule has 0 fully saturated rings. The highest BCUT2D eigenvalue weighted by Gasteiger charge is 2.19. The van der Waals surface area contributed by atoms with E-state index in [1.165, 1.54) is 18.4 Å². The number of hydrogen-bond acceptors (Lipinski definition) is 7. The minimum atomic E-state index is -0.422. The third-order valence-electron chi connectivity index (χ3n) is 3.75. The van der Waals surface area contributed by atoms with E-state index in [2.05, 4.69) is 22.4 Å². The molecule has 0 atom stereocenters. The molecule has 0 spiro atoms. The van der Waals surface area contributed by atoms with Gasteiger partial charge in [-0.1, -0.05) is 60.7 Å². The zero-order chi connectivity index (χ0) is 19.8. The largest absolute Gasteiger partial charge is 0.494 e. The molecule has 3 aromatic rings. The van der Waals surface area contributed by atoms with Crippen molar-refractivity contribution in [3.8, 4) is 17.0 Å². The van der Waals surface area contributed by atoms with Crippen LogP contribution in [0.2, 0.25) is 0 Å². The van der Waals surface area contributed by atoms with E-state index in [-0.39, 0.29) is 0 Å². The van der Waals surface area contributed by atoms with Crippen molar-refractivity contribution < 1.29 is 14.3 Å². The third-order valence-corrected chi connectivity index (χ3v) is 4.69. The number of rotatable bonds is 8. The summed E-state index contributed by atoms with van der Waals surface area (Å²) in [6, 6.07) is 17.2. The van der Waals surface area contributed by atoms with Gasteiger partial charge in [-0.3, -0.25) is 5.43 Å². The Morgan fingerprint density at radius 1 is 1.21 bits per heavy atom. The Labute approximate surface area is 167 Å². The summed E-state index contributed by atoms with van der Waals surface area (Å²) in [5.41, 5.74) is 5.21. The van der Waals surface area contributed by atoms with Gasteiger partial charge in [-0.25, -0.2) is 9.78 Å². The number of esters is 1. The quantitative estimate of drug-likeness (QED) is 0.336. The Morgan fingerprint density at radius 2 is 2.04 bits per heavy atom. The molecule has 0 aliphatic rings. The van der Waals surface area contributed by atoms with Crippen LogP contribution in [0.25, 0.3) is 11.3 Å². The number of anilines is 1. The second kappa shape index (κ2) is 9.66. The van der Waals surface area contributed by atoms with Crippen LogP contribution in [0.1, 0.15) is 28.6 Å². The van der Waals surface area contributed by atoms with Gasteiger partial charge in [0.05, 0.1) is 25.6 Å². The molecule has 2 aromatic carbocycles. The highest BCUT2D eigenvalue weighted by atomic mass is 32.1. The van der Waals surface area contributed by atoms with E-state index in [0.29, 0.717) is 22.3 Å². The van der Waals surface area contributed by atoms with E-state index in [1.54, 1.807) is 6.21 Å². The molecule has 1 heterocycles. The average Bonchev–Trinajstić information content (AvgIpc) is 3.17. The molecule has 0 amide bonds. The molecule has 0 radical (unpaired) electrons. The monoisotopic (exact) mass is 395 g/mol. The topological polar surface area (TPSA) is 72.8 Å². The zero-order valence-corrected chi connectivity index (χ0v) is 16.5. The van der Waals surface area contributed by atoms with E-state index in [1.807, 2.05) is 54.6 Å². The van der Waals surface area contributed by atoms with Gasteiger partial charge in [0.1, 0.15) is 10.6 Å². The summed E-state index contributed by atoms with van der Waals surface area (Å²) in [5.74, 6) is 0.383. The number of ether oxygens (including phenoxy) is 2. The van der Waals surface area contributed by atoms with E-state index >= 15 is 0 Å².